The minimum Gasteiger partial charge on any atom is -0.484 e. The van der Waals surface area contributed by atoms with Crippen LogP contribution in [-0.2, 0) is 4.74 Å². The molecule has 0 bridgehead atoms. The minimum atomic E-state index is -0.616. The molecule has 1 spiro atoms. The Morgan fingerprint density at radius 3 is 2.78 bits per heavy atom. The van der Waals surface area contributed by atoms with Crippen molar-refractivity contribution < 1.29 is 19.1 Å². The van der Waals surface area contributed by atoms with E-state index in [1.54, 1.807) is 4.90 Å². The van der Waals surface area contributed by atoms with Gasteiger partial charge in [-0.1, -0.05) is 6.07 Å². The molecule has 2 aliphatic heterocycles. The van der Waals surface area contributed by atoms with Crippen molar-refractivity contribution in [2.75, 3.05) is 13.1 Å². The highest BCUT2D eigenvalue weighted by Crippen LogP contribution is 2.39. The normalized spacial score (nSPS) is 23.7. The third-order valence-corrected chi connectivity index (χ3v) is 4.21. The number of Topliss-reactive ketones (excluding diaryl/α,β-unsaturated/α-hetero) is 1. The van der Waals surface area contributed by atoms with Crippen molar-refractivity contribution in [2.24, 2.45) is 0 Å². The van der Waals surface area contributed by atoms with E-state index in [0.29, 0.717) is 37.2 Å². The van der Waals surface area contributed by atoms with Crippen LogP contribution in [0.4, 0.5) is 4.79 Å². The molecule has 1 aromatic carbocycles. The first-order valence-electron chi connectivity index (χ1n) is 7.98. The Labute approximate surface area is 136 Å². The fourth-order valence-electron chi connectivity index (χ4n) is 3.16. The predicted molar refractivity (Wildman–Crippen MR) is 85.9 cm³/mol. The van der Waals surface area contributed by atoms with Crippen LogP contribution in [0.5, 0.6) is 5.75 Å². The van der Waals surface area contributed by atoms with E-state index in [1.165, 1.54) is 0 Å². The second kappa shape index (κ2) is 5.25. The van der Waals surface area contributed by atoms with E-state index in [9.17, 15) is 9.59 Å². The summed E-state index contributed by atoms with van der Waals surface area (Å²) in [4.78, 5) is 26.3. The molecule has 0 aliphatic carbocycles. The predicted octanol–water partition coefficient (Wildman–Crippen LogP) is 3.34. The topological polar surface area (TPSA) is 55.8 Å². The van der Waals surface area contributed by atoms with Crippen molar-refractivity contribution in [1.82, 2.24) is 4.90 Å². The van der Waals surface area contributed by atoms with Gasteiger partial charge in [0, 0.05) is 13.0 Å². The summed E-state index contributed by atoms with van der Waals surface area (Å²) in [6.45, 7) is 8.44. The largest absolute Gasteiger partial charge is 0.484 e. The van der Waals surface area contributed by atoms with E-state index in [2.05, 4.69) is 0 Å². The van der Waals surface area contributed by atoms with E-state index in [-0.39, 0.29) is 11.9 Å². The molecule has 0 N–H and O–H groups in total. The minimum absolute atomic E-state index is 0.0808. The maximum absolute atomic E-state index is 12.4. The molecule has 0 aromatic heterocycles. The molecule has 1 atom stereocenters. The highest BCUT2D eigenvalue weighted by atomic mass is 16.6. The zero-order chi connectivity index (χ0) is 16.8. The summed E-state index contributed by atoms with van der Waals surface area (Å²) in [5, 5.41) is 0. The number of benzene rings is 1. The number of hydrogen-bond donors (Lipinski definition) is 0. The first-order valence-corrected chi connectivity index (χ1v) is 7.98. The third kappa shape index (κ3) is 3.19. The average Bonchev–Trinajstić information content (AvgIpc) is 2.79. The van der Waals surface area contributed by atoms with Crippen LogP contribution in [0.3, 0.4) is 0 Å². The summed E-state index contributed by atoms with van der Waals surface area (Å²) in [5.41, 5.74) is 0.543. The first kappa shape index (κ1) is 15.8. The molecule has 23 heavy (non-hydrogen) atoms. The van der Waals surface area contributed by atoms with Crippen molar-refractivity contribution in [3.05, 3.63) is 29.3 Å². The fraction of sp³-hybridized carbons (Fsp3) is 0.556. The van der Waals surface area contributed by atoms with Gasteiger partial charge in [0.1, 0.15) is 17.0 Å². The molecule has 1 fully saturated rings. The summed E-state index contributed by atoms with van der Waals surface area (Å²) in [5.74, 6) is 0.713. The molecular weight excluding hydrogens is 294 g/mol. The van der Waals surface area contributed by atoms with Gasteiger partial charge in [-0.05, 0) is 45.4 Å². The molecule has 0 radical (unpaired) electrons. The summed E-state index contributed by atoms with van der Waals surface area (Å²) in [6, 6.07) is 5.63. The van der Waals surface area contributed by atoms with Crippen LogP contribution in [-0.4, -0.2) is 41.1 Å². The number of rotatable bonds is 0. The molecule has 5 nitrogen and oxygen atoms in total. The first-order chi connectivity index (χ1) is 10.7. The van der Waals surface area contributed by atoms with Crippen LogP contribution >= 0.6 is 0 Å². The standard InChI is InChI=1S/C18H23NO4/c1-12-5-6-13-14(20)10-18(22-15(13)9-12)7-8-19(11-18)16(21)23-17(2,3)4/h5-6,9H,7-8,10-11H2,1-4H3/t18-/m1/s1. The number of ketones is 1. The number of amides is 1. The maximum atomic E-state index is 12.4. The Morgan fingerprint density at radius 2 is 2.09 bits per heavy atom. The second-order valence-corrected chi connectivity index (χ2v) is 7.54. The van der Waals surface area contributed by atoms with Gasteiger partial charge in [-0.3, -0.25) is 4.79 Å². The third-order valence-electron chi connectivity index (χ3n) is 4.21. The lowest BCUT2D eigenvalue weighted by atomic mass is 9.89. The monoisotopic (exact) mass is 317 g/mol. The lowest BCUT2D eigenvalue weighted by Crippen LogP contribution is -2.46. The van der Waals surface area contributed by atoms with E-state index in [1.807, 2.05) is 45.9 Å². The molecule has 2 aliphatic rings. The highest BCUT2D eigenvalue weighted by Gasteiger charge is 2.47. The fourth-order valence-corrected chi connectivity index (χ4v) is 3.16. The number of carbonyl (C=O) groups is 2. The molecule has 3 rings (SSSR count). The molecule has 0 unspecified atom stereocenters. The lowest BCUT2D eigenvalue weighted by molar-refractivity contribution is 0.0171. The summed E-state index contributed by atoms with van der Waals surface area (Å²) >= 11 is 0. The number of likely N-dealkylation sites (tertiary alicyclic amines) is 1. The Morgan fingerprint density at radius 1 is 1.35 bits per heavy atom. The zero-order valence-corrected chi connectivity index (χ0v) is 14.1. The lowest BCUT2D eigenvalue weighted by Gasteiger charge is -2.35. The van der Waals surface area contributed by atoms with E-state index >= 15 is 0 Å². The molecule has 2 heterocycles. The Hall–Kier alpha value is -2.04. The van der Waals surface area contributed by atoms with Crippen molar-refractivity contribution in [3.8, 4) is 5.75 Å². The van der Waals surface area contributed by atoms with Crippen LogP contribution in [0, 0.1) is 6.92 Å². The average molecular weight is 317 g/mol. The highest BCUT2D eigenvalue weighted by molar-refractivity contribution is 6.00. The molecule has 1 saturated heterocycles. The number of ether oxygens (including phenoxy) is 2. The number of aryl methyl sites for hydroxylation is 1. The molecule has 1 aromatic rings. The van der Waals surface area contributed by atoms with Crippen LogP contribution in [0.1, 0.15) is 49.5 Å². The SMILES string of the molecule is Cc1ccc2c(c1)O[C@]1(CCN(C(=O)OC(C)(C)C)C1)CC2=O. The quantitative estimate of drug-likeness (QED) is 0.736. The Balaban J connectivity index is 1.78. The summed E-state index contributed by atoms with van der Waals surface area (Å²) in [7, 11) is 0. The van der Waals surface area contributed by atoms with Crippen LogP contribution < -0.4 is 4.74 Å². The van der Waals surface area contributed by atoms with E-state index in [4.69, 9.17) is 9.47 Å². The molecule has 1 amide bonds. The summed E-state index contributed by atoms with van der Waals surface area (Å²) < 4.78 is 11.6. The molecule has 5 heteroatoms. The number of hydrogen-bond acceptors (Lipinski definition) is 4. The molecule has 124 valence electrons. The number of fused-ring (bicyclic) bond motifs is 1. The van der Waals surface area contributed by atoms with Gasteiger partial charge in [0.15, 0.2) is 5.78 Å². The van der Waals surface area contributed by atoms with E-state index in [0.717, 1.165) is 5.56 Å². The van der Waals surface area contributed by atoms with Crippen molar-refractivity contribution >= 4 is 11.9 Å². The van der Waals surface area contributed by atoms with Crippen LogP contribution in [0.15, 0.2) is 18.2 Å². The van der Waals surface area contributed by atoms with Gasteiger partial charge in [0.05, 0.1) is 18.5 Å². The van der Waals surface area contributed by atoms with Gasteiger partial charge in [0.2, 0.25) is 0 Å². The number of carbonyl (C=O) groups excluding carboxylic acids is 2. The molecule has 0 saturated carbocycles. The van der Waals surface area contributed by atoms with E-state index < -0.39 is 11.2 Å². The van der Waals surface area contributed by atoms with Gasteiger partial charge in [-0.25, -0.2) is 4.79 Å². The van der Waals surface area contributed by atoms with Gasteiger partial charge in [-0.2, -0.15) is 0 Å². The summed E-state index contributed by atoms with van der Waals surface area (Å²) in [6.07, 6.45) is 0.605. The second-order valence-electron chi connectivity index (χ2n) is 7.54. The van der Waals surface area contributed by atoms with Crippen molar-refractivity contribution in [3.63, 3.8) is 0 Å². The number of nitrogens with zero attached hydrogens (tertiary/aromatic N) is 1. The van der Waals surface area contributed by atoms with Crippen LogP contribution in [0.2, 0.25) is 0 Å². The van der Waals surface area contributed by atoms with Crippen molar-refractivity contribution in [2.45, 2.75) is 51.7 Å². The van der Waals surface area contributed by atoms with Gasteiger partial charge < -0.3 is 14.4 Å². The van der Waals surface area contributed by atoms with Gasteiger partial charge >= 0.3 is 6.09 Å². The Kier molecular flexibility index (Phi) is 3.62. The van der Waals surface area contributed by atoms with Gasteiger partial charge in [0.25, 0.3) is 0 Å². The zero-order valence-electron chi connectivity index (χ0n) is 14.1. The van der Waals surface area contributed by atoms with Gasteiger partial charge in [-0.15, -0.1) is 0 Å². The maximum Gasteiger partial charge on any atom is 0.410 e. The van der Waals surface area contributed by atoms with Crippen LogP contribution in [0.25, 0.3) is 0 Å². The molecular formula is C18H23NO4. The Bertz CT molecular complexity index is 661. The van der Waals surface area contributed by atoms with Crippen molar-refractivity contribution in [1.29, 1.82) is 0 Å². The smallest absolute Gasteiger partial charge is 0.410 e.